The molecule has 5 rings (SSSR count). The Kier molecular flexibility index (Phi) is 4.25. The normalized spacial score (nSPS) is 14.6. The molecule has 0 radical (unpaired) electrons. The molecule has 1 aliphatic rings. The third-order valence-electron chi connectivity index (χ3n) is 5.02. The third-order valence-corrected chi connectivity index (χ3v) is 5.02. The molecule has 31 heavy (non-hydrogen) atoms. The van der Waals surface area contributed by atoms with Gasteiger partial charge in [0, 0.05) is 10.8 Å². The van der Waals surface area contributed by atoms with E-state index in [0.717, 1.165) is 16.3 Å². The molecule has 3 heterocycles. The number of ether oxygens (including phenoxy) is 1. The van der Waals surface area contributed by atoms with Gasteiger partial charge in [0.05, 0.1) is 17.5 Å². The zero-order valence-electron chi connectivity index (χ0n) is 16.9. The number of aromatic hydroxyl groups is 1. The summed E-state index contributed by atoms with van der Waals surface area (Å²) in [5.74, 6) is 0.461. The summed E-state index contributed by atoms with van der Waals surface area (Å²) in [7, 11) is 0. The number of nitrogens with zero attached hydrogens (tertiary/aromatic N) is 2. The Labute approximate surface area is 177 Å². The van der Waals surface area contributed by atoms with E-state index >= 15 is 0 Å². The van der Waals surface area contributed by atoms with E-state index in [1.807, 2.05) is 50.3 Å². The van der Waals surface area contributed by atoms with Gasteiger partial charge in [-0.05, 0) is 56.3 Å². The van der Waals surface area contributed by atoms with Crippen LogP contribution in [0.5, 0.6) is 11.5 Å². The Hall–Kier alpha value is -4.13. The molecule has 0 spiro atoms. The number of hydrazone groups is 1. The van der Waals surface area contributed by atoms with Gasteiger partial charge in [0.15, 0.2) is 5.76 Å². The number of furan rings is 1. The van der Waals surface area contributed by atoms with Crippen molar-refractivity contribution in [2.45, 2.75) is 19.4 Å². The van der Waals surface area contributed by atoms with Crippen molar-refractivity contribution in [3.05, 3.63) is 71.6 Å². The van der Waals surface area contributed by atoms with Crippen LogP contribution in [0.2, 0.25) is 0 Å². The van der Waals surface area contributed by atoms with Gasteiger partial charge in [-0.25, -0.2) is 10.4 Å². The number of nitrogens with one attached hydrogen (secondary N) is 1. The number of hydrogen-bond donors (Lipinski definition) is 2. The van der Waals surface area contributed by atoms with E-state index < -0.39 is 11.5 Å². The van der Waals surface area contributed by atoms with E-state index in [-0.39, 0.29) is 11.5 Å². The maximum atomic E-state index is 12.5. The maximum Gasteiger partial charge on any atom is 0.307 e. The second-order valence-corrected chi connectivity index (χ2v) is 7.83. The van der Waals surface area contributed by atoms with Gasteiger partial charge >= 0.3 is 5.91 Å². The highest BCUT2D eigenvalue weighted by Crippen LogP contribution is 2.37. The number of rotatable bonds is 3. The maximum absolute atomic E-state index is 12.5. The topological polar surface area (TPSA) is 97.0 Å². The second kappa shape index (κ2) is 6.98. The number of carbonyl (C=O) groups is 1. The van der Waals surface area contributed by atoms with Crippen molar-refractivity contribution < 1.29 is 19.1 Å². The average molecular weight is 413 g/mol. The van der Waals surface area contributed by atoms with Crippen molar-refractivity contribution in [3.8, 4) is 11.5 Å². The monoisotopic (exact) mass is 413 g/mol. The molecule has 2 aromatic heterocycles. The minimum atomic E-state index is -0.481. The minimum absolute atomic E-state index is 0.0869. The molecule has 0 aliphatic carbocycles. The number of carbonyl (C=O) groups excluding carboxylic acids is 1. The molecule has 1 amide bonds. The predicted molar refractivity (Wildman–Crippen MR) is 118 cm³/mol. The summed E-state index contributed by atoms with van der Waals surface area (Å²) < 4.78 is 11.8. The molecule has 0 bridgehead atoms. The van der Waals surface area contributed by atoms with Crippen molar-refractivity contribution in [3.63, 3.8) is 0 Å². The highest BCUT2D eigenvalue weighted by molar-refractivity contribution is 5.99. The Morgan fingerprint density at radius 3 is 2.87 bits per heavy atom. The smallest absolute Gasteiger partial charge is 0.307 e. The number of pyridine rings is 1. The second-order valence-electron chi connectivity index (χ2n) is 7.83. The number of phenols is 1. The summed E-state index contributed by atoms with van der Waals surface area (Å²) in [4.78, 5) is 16.9. The van der Waals surface area contributed by atoms with E-state index in [4.69, 9.17) is 9.15 Å². The Balaban J connectivity index is 1.37. The molecule has 0 fully saturated rings. The van der Waals surface area contributed by atoms with Crippen LogP contribution in [0.25, 0.3) is 27.9 Å². The first-order valence-corrected chi connectivity index (χ1v) is 9.77. The van der Waals surface area contributed by atoms with E-state index in [9.17, 15) is 9.90 Å². The molecule has 1 aliphatic heterocycles. The minimum Gasteiger partial charge on any atom is -0.506 e. The highest BCUT2D eigenvalue weighted by atomic mass is 16.5. The van der Waals surface area contributed by atoms with Gasteiger partial charge in [-0.15, -0.1) is 0 Å². The van der Waals surface area contributed by atoms with Gasteiger partial charge in [-0.1, -0.05) is 18.2 Å². The fraction of sp³-hybridized carbons (Fsp3) is 0.125. The number of para-hydroxylation sites is 1. The number of benzene rings is 2. The van der Waals surface area contributed by atoms with Gasteiger partial charge in [0.25, 0.3) is 0 Å². The fourth-order valence-electron chi connectivity index (χ4n) is 3.50. The number of fused-ring (bicyclic) bond motifs is 4. The molecule has 0 atom stereocenters. The summed E-state index contributed by atoms with van der Waals surface area (Å²) >= 11 is 0. The lowest BCUT2D eigenvalue weighted by molar-refractivity contribution is 0.0929. The zero-order valence-corrected chi connectivity index (χ0v) is 16.9. The van der Waals surface area contributed by atoms with Gasteiger partial charge in [-0.2, -0.15) is 5.10 Å². The largest absolute Gasteiger partial charge is 0.506 e. The molecule has 0 saturated heterocycles. The van der Waals surface area contributed by atoms with E-state index in [1.165, 1.54) is 6.21 Å². The van der Waals surface area contributed by atoms with Crippen molar-refractivity contribution in [1.29, 1.82) is 0 Å². The predicted octanol–water partition coefficient (Wildman–Crippen LogP) is 4.63. The fourth-order valence-corrected chi connectivity index (χ4v) is 3.50. The van der Waals surface area contributed by atoms with Crippen molar-refractivity contribution >= 4 is 40.1 Å². The number of phenolic OH excluding ortho intramolecular Hbond substituents is 1. The van der Waals surface area contributed by atoms with E-state index in [1.54, 1.807) is 24.3 Å². The van der Waals surface area contributed by atoms with Crippen LogP contribution >= 0.6 is 0 Å². The number of hydrogen-bond acceptors (Lipinski definition) is 6. The molecule has 7 heteroatoms. The molecule has 7 nitrogen and oxygen atoms in total. The van der Waals surface area contributed by atoms with Gasteiger partial charge < -0.3 is 14.3 Å². The Bertz CT molecular complexity index is 1400. The zero-order chi connectivity index (χ0) is 21.6. The van der Waals surface area contributed by atoms with Crippen LogP contribution in [0.4, 0.5) is 0 Å². The van der Waals surface area contributed by atoms with Crippen LogP contribution in [-0.4, -0.2) is 27.8 Å². The summed E-state index contributed by atoms with van der Waals surface area (Å²) in [5, 5.41) is 15.5. The summed E-state index contributed by atoms with van der Waals surface area (Å²) in [6.07, 6.45) is 5.31. The third kappa shape index (κ3) is 3.50. The lowest BCUT2D eigenvalue weighted by atomic mass is 10.0. The van der Waals surface area contributed by atoms with Crippen LogP contribution in [0.15, 0.2) is 64.1 Å². The van der Waals surface area contributed by atoms with Crippen molar-refractivity contribution in [1.82, 2.24) is 10.4 Å². The SMILES string of the molecule is CC1(C)C=Cc2c(ccc3cc(C(=O)N/N=C/c4ccc5cccc(O)c5n4)oc23)O1. The summed E-state index contributed by atoms with van der Waals surface area (Å²) in [6.45, 7) is 3.95. The molecule has 154 valence electrons. The van der Waals surface area contributed by atoms with Crippen LogP contribution in [-0.2, 0) is 0 Å². The van der Waals surface area contributed by atoms with Gasteiger partial charge in [-0.3, -0.25) is 4.79 Å². The molecule has 0 saturated carbocycles. The Morgan fingerprint density at radius 1 is 1.16 bits per heavy atom. The van der Waals surface area contributed by atoms with Crippen LogP contribution in [0, 0.1) is 0 Å². The molecule has 0 unspecified atom stereocenters. The molecular weight excluding hydrogens is 394 g/mol. The Morgan fingerprint density at radius 2 is 2.00 bits per heavy atom. The van der Waals surface area contributed by atoms with E-state index in [0.29, 0.717) is 22.5 Å². The first kappa shape index (κ1) is 18.9. The van der Waals surface area contributed by atoms with Crippen LogP contribution < -0.4 is 10.2 Å². The summed E-state index contributed by atoms with van der Waals surface area (Å²) in [6, 6.07) is 14.1. The van der Waals surface area contributed by atoms with Crippen molar-refractivity contribution in [2.24, 2.45) is 5.10 Å². The standard InChI is InChI=1S/C24H19N3O4/c1-24(2)11-10-17-19(31-24)9-7-15-12-20(30-22(15)17)23(29)27-25-13-16-8-6-14-4-3-5-18(28)21(14)26-16/h3-13,28H,1-2H3,(H,27,29)/b25-13+. The quantitative estimate of drug-likeness (QED) is 0.377. The number of aromatic nitrogens is 1. The van der Waals surface area contributed by atoms with Crippen LogP contribution in [0.1, 0.15) is 35.7 Å². The number of amides is 1. The first-order valence-electron chi connectivity index (χ1n) is 9.77. The van der Waals surface area contributed by atoms with Crippen molar-refractivity contribution in [2.75, 3.05) is 0 Å². The molecule has 2 N–H and O–H groups in total. The highest BCUT2D eigenvalue weighted by Gasteiger charge is 2.24. The average Bonchev–Trinajstić information content (AvgIpc) is 3.18. The lowest BCUT2D eigenvalue weighted by Gasteiger charge is -2.27. The van der Waals surface area contributed by atoms with Crippen LogP contribution in [0.3, 0.4) is 0 Å². The summed E-state index contributed by atoms with van der Waals surface area (Å²) in [5.41, 5.74) is 4.42. The van der Waals surface area contributed by atoms with Gasteiger partial charge in [0.1, 0.15) is 28.2 Å². The molecular formula is C24H19N3O4. The first-order chi connectivity index (χ1) is 14.9. The van der Waals surface area contributed by atoms with Gasteiger partial charge in [0.2, 0.25) is 0 Å². The molecule has 4 aromatic rings. The lowest BCUT2D eigenvalue weighted by Crippen LogP contribution is -2.27. The van der Waals surface area contributed by atoms with E-state index in [2.05, 4.69) is 15.5 Å². The molecule has 2 aromatic carbocycles.